The van der Waals surface area contributed by atoms with Crippen molar-refractivity contribution in [3.63, 3.8) is 0 Å². The van der Waals surface area contributed by atoms with E-state index in [1.807, 2.05) is 36.5 Å². The first-order valence-corrected chi connectivity index (χ1v) is 11.2. The molecule has 0 radical (unpaired) electrons. The molecule has 0 amide bonds. The lowest BCUT2D eigenvalue weighted by Gasteiger charge is -2.28. The van der Waals surface area contributed by atoms with E-state index >= 15 is 0 Å². The predicted octanol–water partition coefficient (Wildman–Crippen LogP) is 5.56. The van der Waals surface area contributed by atoms with E-state index in [2.05, 4.69) is 70.9 Å². The molecule has 0 saturated carbocycles. The molecular formula is C26H26N4OS. The Bertz CT molecular complexity index is 1230. The van der Waals surface area contributed by atoms with E-state index < -0.39 is 0 Å². The molecule has 162 valence electrons. The molecule has 3 aromatic heterocycles. The molecule has 1 aliphatic heterocycles. The van der Waals surface area contributed by atoms with Gasteiger partial charge in [0.1, 0.15) is 5.76 Å². The number of thiocarbonyl (C=S) groups is 1. The van der Waals surface area contributed by atoms with Crippen LogP contribution in [0.4, 0.5) is 0 Å². The van der Waals surface area contributed by atoms with Gasteiger partial charge in [0.2, 0.25) is 0 Å². The zero-order valence-electron chi connectivity index (χ0n) is 18.4. The molecule has 0 spiro atoms. The average Bonchev–Trinajstić information content (AvgIpc) is 3.49. The lowest BCUT2D eigenvalue weighted by atomic mass is 9.93. The number of benzene rings is 1. The topological polar surface area (TPSA) is 46.2 Å². The molecule has 1 saturated heterocycles. The van der Waals surface area contributed by atoms with Gasteiger partial charge in [-0.15, -0.1) is 0 Å². The Hall–Kier alpha value is -3.38. The first-order chi connectivity index (χ1) is 15.6. The highest BCUT2D eigenvalue weighted by Gasteiger charge is 2.42. The van der Waals surface area contributed by atoms with Crippen LogP contribution in [0.2, 0.25) is 0 Å². The van der Waals surface area contributed by atoms with E-state index in [1.165, 1.54) is 22.5 Å². The summed E-state index contributed by atoms with van der Waals surface area (Å²) in [6, 6.07) is 20.4. The van der Waals surface area contributed by atoms with Crippen molar-refractivity contribution in [1.29, 1.82) is 0 Å². The molecule has 1 aliphatic rings. The first-order valence-electron chi connectivity index (χ1n) is 10.8. The van der Waals surface area contributed by atoms with Crippen LogP contribution in [0.5, 0.6) is 0 Å². The highest BCUT2D eigenvalue weighted by Crippen LogP contribution is 2.44. The van der Waals surface area contributed by atoms with Gasteiger partial charge in [-0.2, -0.15) is 0 Å². The Labute approximate surface area is 193 Å². The summed E-state index contributed by atoms with van der Waals surface area (Å²) in [7, 11) is 0. The molecule has 5 rings (SSSR count). The van der Waals surface area contributed by atoms with E-state index in [0.29, 0.717) is 11.7 Å². The molecule has 6 heteroatoms. The quantitative estimate of drug-likeness (QED) is 0.410. The average molecular weight is 443 g/mol. The van der Waals surface area contributed by atoms with Gasteiger partial charge in [-0.3, -0.25) is 4.98 Å². The van der Waals surface area contributed by atoms with Crippen LogP contribution < -0.4 is 5.32 Å². The van der Waals surface area contributed by atoms with Gasteiger partial charge in [-0.1, -0.05) is 24.3 Å². The first kappa shape index (κ1) is 20.5. The fourth-order valence-electron chi connectivity index (χ4n) is 4.87. The summed E-state index contributed by atoms with van der Waals surface area (Å²) in [5, 5.41) is 4.26. The fraction of sp³-hybridized carbons (Fsp3) is 0.231. The molecule has 5 nitrogen and oxygen atoms in total. The largest absolute Gasteiger partial charge is 0.467 e. The highest BCUT2D eigenvalue weighted by atomic mass is 32.1. The summed E-state index contributed by atoms with van der Waals surface area (Å²) in [6.45, 7) is 7.19. The van der Waals surface area contributed by atoms with Crippen molar-refractivity contribution in [2.45, 2.75) is 39.4 Å². The minimum Gasteiger partial charge on any atom is -0.467 e. The van der Waals surface area contributed by atoms with Crippen LogP contribution in [-0.4, -0.2) is 19.6 Å². The van der Waals surface area contributed by atoms with Crippen molar-refractivity contribution in [3.05, 3.63) is 107 Å². The van der Waals surface area contributed by atoms with Gasteiger partial charge in [0.25, 0.3) is 0 Å². The van der Waals surface area contributed by atoms with E-state index in [0.717, 1.165) is 17.1 Å². The van der Waals surface area contributed by atoms with Crippen LogP contribution in [0.1, 0.15) is 46.1 Å². The number of para-hydroxylation sites is 1. The summed E-state index contributed by atoms with van der Waals surface area (Å²) in [5.74, 6) is 0.885. The third-order valence-corrected chi connectivity index (χ3v) is 6.77. The Kier molecular flexibility index (Phi) is 5.31. The van der Waals surface area contributed by atoms with Crippen molar-refractivity contribution < 1.29 is 4.42 Å². The minimum absolute atomic E-state index is 0.00818. The SMILES string of the molecule is Cc1c([C@H]2[C@H](c3ccccn3)NC(=S)N2Cc2ccco2)c(C)n(-c2ccccc2)c1C. The Morgan fingerprint density at radius 2 is 1.75 bits per heavy atom. The zero-order chi connectivity index (χ0) is 22.2. The number of aromatic nitrogens is 2. The third kappa shape index (κ3) is 3.41. The second-order valence-corrected chi connectivity index (χ2v) is 8.60. The number of hydrogen-bond acceptors (Lipinski definition) is 3. The molecule has 0 aliphatic carbocycles. The van der Waals surface area contributed by atoms with Gasteiger partial charge in [0.05, 0.1) is 30.6 Å². The van der Waals surface area contributed by atoms with Crippen molar-refractivity contribution in [2.24, 2.45) is 0 Å². The van der Waals surface area contributed by atoms with Gasteiger partial charge in [-0.05, 0) is 75.0 Å². The van der Waals surface area contributed by atoms with Gasteiger partial charge in [0.15, 0.2) is 5.11 Å². The van der Waals surface area contributed by atoms with Crippen LogP contribution in [-0.2, 0) is 6.54 Å². The maximum absolute atomic E-state index is 5.83. The highest BCUT2D eigenvalue weighted by molar-refractivity contribution is 7.80. The molecule has 4 heterocycles. The van der Waals surface area contributed by atoms with E-state index in [9.17, 15) is 0 Å². The second kappa shape index (κ2) is 8.28. The van der Waals surface area contributed by atoms with Crippen LogP contribution in [0.3, 0.4) is 0 Å². The molecule has 1 N–H and O–H groups in total. The van der Waals surface area contributed by atoms with Crippen LogP contribution in [0, 0.1) is 20.8 Å². The Morgan fingerprint density at radius 1 is 0.969 bits per heavy atom. The Morgan fingerprint density at radius 3 is 2.44 bits per heavy atom. The summed E-state index contributed by atoms with van der Waals surface area (Å²) in [5.41, 5.74) is 7.14. The smallest absolute Gasteiger partial charge is 0.170 e. The minimum atomic E-state index is -0.0536. The monoisotopic (exact) mass is 442 g/mol. The van der Waals surface area contributed by atoms with Crippen LogP contribution >= 0.6 is 12.2 Å². The van der Waals surface area contributed by atoms with Gasteiger partial charge in [0, 0.05) is 28.8 Å². The van der Waals surface area contributed by atoms with Crippen molar-refractivity contribution in [3.8, 4) is 5.69 Å². The number of pyridine rings is 1. The van der Waals surface area contributed by atoms with E-state index in [1.54, 1.807) is 6.26 Å². The zero-order valence-corrected chi connectivity index (χ0v) is 19.3. The number of furan rings is 1. The number of nitrogens with one attached hydrogen (secondary N) is 1. The third-order valence-electron chi connectivity index (χ3n) is 6.42. The second-order valence-electron chi connectivity index (χ2n) is 8.21. The van der Waals surface area contributed by atoms with Crippen LogP contribution in [0.15, 0.2) is 77.5 Å². The Balaban J connectivity index is 1.67. The fourth-order valence-corrected chi connectivity index (χ4v) is 5.17. The van der Waals surface area contributed by atoms with Crippen LogP contribution in [0.25, 0.3) is 5.69 Å². The number of rotatable bonds is 5. The molecule has 1 fully saturated rings. The maximum Gasteiger partial charge on any atom is 0.170 e. The predicted molar refractivity (Wildman–Crippen MR) is 130 cm³/mol. The van der Waals surface area contributed by atoms with E-state index in [-0.39, 0.29) is 12.1 Å². The summed E-state index contributed by atoms with van der Waals surface area (Å²) in [4.78, 5) is 6.90. The normalized spacial score (nSPS) is 18.2. The van der Waals surface area contributed by atoms with Gasteiger partial charge < -0.3 is 19.2 Å². The van der Waals surface area contributed by atoms with Crippen molar-refractivity contribution in [1.82, 2.24) is 19.8 Å². The molecule has 1 aromatic carbocycles. The lowest BCUT2D eigenvalue weighted by molar-refractivity contribution is 0.285. The van der Waals surface area contributed by atoms with Gasteiger partial charge >= 0.3 is 0 Å². The number of hydrogen-bond donors (Lipinski definition) is 1. The van der Waals surface area contributed by atoms with Gasteiger partial charge in [-0.25, -0.2) is 0 Å². The molecule has 2 atom stereocenters. The molecule has 0 unspecified atom stereocenters. The van der Waals surface area contributed by atoms with E-state index in [4.69, 9.17) is 16.6 Å². The summed E-state index contributed by atoms with van der Waals surface area (Å²) in [6.07, 6.45) is 3.55. The molecule has 0 bridgehead atoms. The lowest BCUT2D eigenvalue weighted by Crippen LogP contribution is -2.29. The maximum atomic E-state index is 5.83. The van der Waals surface area contributed by atoms with Crippen molar-refractivity contribution >= 4 is 17.3 Å². The van der Waals surface area contributed by atoms with Crippen molar-refractivity contribution in [2.75, 3.05) is 0 Å². The molecule has 4 aromatic rings. The standard InChI is InChI=1S/C26H26N4OS/c1-17-18(2)30(20-10-5-4-6-11-20)19(3)23(17)25-24(22-13-7-8-14-27-22)28-26(32)29(25)16-21-12-9-15-31-21/h4-15,24-25H,16H2,1-3H3,(H,28,32)/t24-,25-/m0/s1. The summed E-state index contributed by atoms with van der Waals surface area (Å²) < 4.78 is 8.02. The summed E-state index contributed by atoms with van der Waals surface area (Å²) >= 11 is 5.83. The molecular weight excluding hydrogens is 416 g/mol. The number of nitrogens with zero attached hydrogens (tertiary/aromatic N) is 3. The molecule has 32 heavy (non-hydrogen) atoms.